The van der Waals surface area contributed by atoms with Crippen molar-refractivity contribution in [3.8, 4) is 0 Å². The van der Waals surface area contributed by atoms with Crippen LogP contribution in [0.15, 0.2) is 24.3 Å². The molecular weight excluding hydrogens is 212 g/mol. The summed E-state index contributed by atoms with van der Waals surface area (Å²) in [6.45, 7) is 0. The molecule has 1 rings (SSSR count). The second-order valence-corrected chi connectivity index (χ2v) is 3.30. The van der Waals surface area contributed by atoms with E-state index in [-0.39, 0.29) is 6.42 Å². The van der Waals surface area contributed by atoms with Crippen molar-refractivity contribution in [2.24, 2.45) is 0 Å². The molecule has 1 aromatic carbocycles. The molecule has 0 saturated heterocycles. The van der Waals surface area contributed by atoms with Crippen molar-refractivity contribution in [3.63, 3.8) is 0 Å². The zero-order chi connectivity index (χ0) is 11.5. The van der Waals surface area contributed by atoms with Gasteiger partial charge in [0, 0.05) is 0 Å². The summed E-state index contributed by atoms with van der Waals surface area (Å²) in [7, 11) is 0. The average Bonchev–Trinajstić information content (AvgIpc) is 2.05. The van der Waals surface area contributed by atoms with Gasteiger partial charge in [0.1, 0.15) is 5.82 Å². The summed E-state index contributed by atoms with van der Waals surface area (Å²) in [5.41, 5.74) is 0.480. The van der Waals surface area contributed by atoms with Gasteiger partial charge in [-0.15, -0.1) is 0 Å². The minimum Gasteiger partial charge on any atom is -0.392 e. The first-order chi connectivity index (χ1) is 6.87. The van der Waals surface area contributed by atoms with Gasteiger partial charge < -0.3 is 5.11 Å². The molecular formula is C10H10F4O. The Morgan fingerprint density at radius 2 is 1.67 bits per heavy atom. The van der Waals surface area contributed by atoms with Crippen molar-refractivity contribution < 1.29 is 22.7 Å². The third-order valence-electron chi connectivity index (χ3n) is 1.85. The predicted octanol–water partition coefficient (Wildman–Crippen LogP) is 2.68. The molecule has 1 atom stereocenters. The lowest BCUT2D eigenvalue weighted by molar-refractivity contribution is -0.153. The Bertz CT molecular complexity index is 304. The molecule has 15 heavy (non-hydrogen) atoms. The largest absolute Gasteiger partial charge is 0.392 e. The minimum absolute atomic E-state index is 0.125. The van der Waals surface area contributed by atoms with Crippen molar-refractivity contribution in [1.29, 1.82) is 0 Å². The number of rotatable bonds is 3. The third-order valence-corrected chi connectivity index (χ3v) is 1.85. The number of aliphatic hydroxyl groups is 1. The van der Waals surface area contributed by atoms with E-state index in [0.29, 0.717) is 5.56 Å². The molecule has 0 bridgehead atoms. The van der Waals surface area contributed by atoms with Crippen LogP contribution in [0.4, 0.5) is 17.6 Å². The predicted molar refractivity (Wildman–Crippen MR) is 46.8 cm³/mol. The average molecular weight is 222 g/mol. The standard InChI is InChI=1S/C10H10F4O/c11-8-3-1-7(2-4-8)5-9(15)6-10(12,13)14/h1-4,9,15H,5-6H2. The molecule has 0 heterocycles. The fourth-order valence-corrected chi connectivity index (χ4v) is 1.23. The first-order valence-electron chi connectivity index (χ1n) is 4.36. The second-order valence-electron chi connectivity index (χ2n) is 3.30. The van der Waals surface area contributed by atoms with Gasteiger partial charge in [-0.1, -0.05) is 12.1 Å². The Morgan fingerprint density at radius 3 is 2.13 bits per heavy atom. The van der Waals surface area contributed by atoms with Crippen molar-refractivity contribution in [2.75, 3.05) is 0 Å². The van der Waals surface area contributed by atoms with Gasteiger partial charge in [-0.25, -0.2) is 4.39 Å². The number of halogens is 4. The number of aliphatic hydroxyl groups excluding tert-OH is 1. The molecule has 0 radical (unpaired) electrons. The number of hydrogen-bond acceptors (Lipinski definition) is 1. The summed E-state index contributed by atoms with van der Waals surface area (Å²) in [5, 5.41) is 9.09. The maximum absolute atomic E-state index is 12.5. The Labute approximate surface area is 84.3 Å². The van der Waals surface area contributed by atoms with Gasteiger partial charge in [0.2, 0.25) is 0 Å². The molecule has 1 aromatic rings. The Hall–Kier alpha value is -1.10. The molecule has 1 N–H and O–H groups in total. The molecule has 1 nitrogen and oxygen atoms in total. The van der Waals surface area contributed by atoms with E-state index in [1.54, 1.807) is 0 Å². The van der Waals surface area contributed by atoms with Gasteiger partial charge in [-0.2, -0.15) is 13.2 Å². The van der Waals surface area contributed by atoms with Crippen LogP contribution in [-0.4, -0.2) is 17.4 Å². The van der Waals surface area contributed by atoms with Crippen LogP contribution in [0.5, 0.6) is 0 Å². The maximum Gasteiger partial charge on any atom is 0.391 e. The minimum atomic E-state index is -4.38. The Balaban J connectivity index is 2.51. The van der Waals surface area contributed by atoms with Crippen molar-refractivity contribution in [3.05, 3.63) is 35.6 Å². The topological polar surface area (TPSA) is 20.2 Å². The van der Waals surface area contributed by atoms with E-state index in [0.717, 1.165) is 12.1 Å². The zero-order valence-electron chi connectivity index (χ0n) is 7.76. The molecule has 0 aliphatic rings. The van der Waals surface area contributed by atoms with Crippen LogP contribution in [0.2, 0.25) is 0 Å². The van der Waals surface area contributed by atoms with E-state index in [1.165, 1.54) is 12.1 Å². The lowest BCUT2D eigenvalue weighted by Crippen LogP contribution is -2.21. The van der Waals surface area contributed by atoms with Gasteiger partial charge in [0.25, 0.3) is 0 Å². The normalized spacial score (nSPS) is 13.9. The summed E-state index contributed by atoms with van der Waals surface area (Å²) in [4.78, 5) is 0. The van der Waals surface area contributed by atoms with Crippen molar-refractivity contribution >= 4 is 0 Å². The fraction of sp³-hybridized carbons (Fsp3) is 0.400. The molecule has 0 aliphatic heterocycles. The molecule has 84 valence electrons. The van der Waals surface area contributed by atoms with Crippen molar-refractivity contribution in [1.82, 2.24) is 0 Å². The summed E-state index contributed by atoms with van der Waals surface area (Å²) in [6, 6.07) is 5.01. The van der Waals surface area contributed by atoms with Crippen LogP contribution in [0, 0.1) is 5.82 Å². The van der Waals surface area contributed by atoms with Gasteiger partial charge in [0.15, 0.2) is 0 Å². The quantitative estimate of drug-likeness (QED) is 0.779. The van der Waals surface area contributed by atoms with E-state index in [2.05, 4.69) is 0 Å². The van der Waals surface area contributed by atoms with E-state index in [1.807, 2.05) is 0 Å². The van der Waals surface area contributed by atoms with Crippen LogP contribution in [-0.2, 0) is 6.42 Å². The molecule has 0 saturated carbocycles. The summed E-state index contributed by atoms with van der Waals surface area (Å²) < 4.78 is 48.0. The number of hydrogen-bond donors (Lipinski definition) is 1. The monoisotopic (exact) mass is 222 g/mol. The molecule has 0 aromatic heterocycles. The van der Waals surface area contributed by atoms with Crippen LogP contribution < -0.4 is 0 Å². The molecule has 1 unspecified atom stereocenters. The van der Waals surface area contributed by atoms with Crippen LogP contribution in [0.3, 0.4) is 0 Å². The fourth-order valence-electron chi connectivity index (χ4n) is 1.23. The van der Waals surface area contributed by atoms with Gasteiger partial charge in [0.05, 0.1) is 12.5 Å². The van der Waals surface area contributed by atoms with Crippen molar-refractivity contribution in [2.45, 2.75) is 25.1 Å². The number of benzene rings is 1. The molecule has 0 spiro atoms. The summed E-state index contributed by atoms with van der Waals surface area (Å²) in [6.07, 6.45) is -7.22. The first-order valence-corrected chi connectivity index (χ1v) is 4.36. The van der Waals surface area contributed by atoms with Gasteiger partial charge in [-0.3, -0.25) is 0 Å². The first kappa shape index (κ1) is 12.0. The molecule has 0 fully saturated rings. The SMILES string of the molecule is OC(Cc1ccc(F)cc1)CC(F)(F)F. The maximum atomic E-state index is 12.5. The molecule has 0 aliphatic carbocycles. The highest BCUT2D eigenvalue weighted by Gasteiger charge is 2.30. The van der Waals surface area contributed by atoms with E-state index < -0.39 is 24.5 Å². The smallest absolute Gasteiger partial charge is 0.391 e. The zero-order valence-corrected chi connectivity index (χ0v) is 7.76. The van der Waals surface area contributed by atoms with Gasteiger partial charge in [-0.05, 0) is 24.1 Å². The molecule has 0 amide bonds. The van der Waals surface area contributed by atoms with Gasteiger partial charge >= 0.3 is 6.18 Å². The lowest BCUT2D eigenvalue weighted by atomic mass is 10.1. The Morgan fingerprint density at radius 1 is 1.13 bits per heavy atom. The number of alkyl halides is 3. The van der Waals surface area contributed by atoms with Crippen LogP contribution >= 0.6 is 0 Å². The van der Waals surface area contributed by atoms with Crippen LogP contribution in [0.25, 0.3) is 0 Å². The Kier molecular flexibility index (Phi) is 3.68. The lowest BCUT2D eigenvalue weighted by Gasteiger charge is -2.12. The summed E-state index contributed by atoms with van der Waals surface area (Å²) in [5.74, 6) is -0.455. The van der Waals surface area contributed by atoms with E-state index >= 15 is 0 Å². The second kappa shape index (κ2) is 4.61. The van der Waals surface area contributed by atoms with E-state index in [4.69, 9.17) is 5.11 Å². The third kappa shape index (κ3) is 4.78. The highest BCUT2D eigenvalue weighted by Crippen LogP contribution is 2.23. The van der Waals surface area contributed by atoms with Crippen LogP contribution in [0.1, 0.15) is 12.0 Å². The molecule has 5 heteroatoms. The van der Waals surface area contributed by atoms with E-state index in [9.17, 15) is 17.6 Å². The highest BCUT2D eigenvalue weighted by atomic mass is 19.4. The highest BCUT2D eigenvalue weighted by molar-refractivity contribution is 5.16. The summed E-state index contributed by atoms with van der Waals surface area (Å²) >= 11 is 0.